The Labute approximate surface area is 50.0 Å². The summed E-state index contributed by atoms with van der Waals surface area (Å²) in [4.78, 5) is 0. The molecule has 2 fully saturated rings. The molecular formula is C7H12O. The van der Waals surface area contributed by atoms with Gasteiger partial charge in [-0.05, 0) is 19.8 Å². The Bertz CT molecular complexity index is 103. The van der Waals surface area contributed by atoms with Crippen LogP contribution in [0.4, 0.5) is 0 Å². The summed E-state index contributed by atoms with van der Waals surface area (Å²) in [6, 6.07) is 0. The van der Waals surface area contributed by atoms with E-state index in [4.69, 9.17) is 4.74 Å². The Kier molecular flexibility index (Phi) is 0.762. The number of hydrogen-bond donors (Lipinski definition) is 0. The predicted octanol–water partition coefficient (Wildman–Crippen LogP) is 1.72. The lowest BCUT2D eigenvalue weighted by atomic mass is 10.1. The highest BCUT2D eigenvalue weighted by molar-refractivity contribution is 5.02. The molecule has 1 nitrogen and oxygen atoms in total. The molecule has 1 heteroatoms. The molecule has 0 amide bonds. The van der Waals surface area contributed by atoms with E-state index in [9.17, 15) is 0 Å². The molecule has 2 aliphatic rings. The second-order valence-corrected chi connectivity index (χ2v) is 3.03. The second kappa shape index (κ2) is 1.27. The minimum Gasteiger partial charge on any atom is -0.366 e. The molecule has 1 aliphatic heterocycles. The second-order valence-electron chi connectivity index (χ2n) is 3.03. The highest BCUT2D eigenvalue weighted by atomic mass is 16.6. The SMILES string of the molecule is CC1OC12CCCC2. The van der Waals surface area contributed by atoms with Crippen LogP contribution in [0.5, 0.6) is 0 Å². The lowest BCUT2D eigenvalue weighted by Crippen LogP contribution is -2.05. The van der Waals surface area contributed by atoms with Crippen LogP contribution in [0.15, 0.2) is 0 Å². The highest BCUT2D eigenvalue weighted by Crippen LogP contribution is 2.49. The van der Waals surface area contributed by atoms with E-state index in [-0.39, 0.29) is 0 Å². The molecule has 0 bridgehead atoms. The van der Waals surface area contributed by atoms with E-state index < -0.39 is 0 Å². The van der Waals surface area contributed by atoms with Gasteiger partial charge in [0.2, 0.25) is 0 Å². The van der Waals surface area contributed by atoms with Crippen molar-refractivity contribution >= 4 is 0 Å². The average molecular weight is 112 g/mol. The molecule has 46 valence electrons. The average Bonchev–Trinajstić information content (AvgIpc) is 2.29. The molecule has 1 heterocycles. The fourth-order valence-electron chi connectivity index (χ4n) is 1.82. The van der Waals surface area contributed by atoms with Crippen LogP contribution >= 0.6 is 0 Å². The number of ether oxygens (including phenoxy) is 1. The topological polar surface area (TPSA) is 12.5 Å². The summed E-state index contributed by atoms with van der Waals surface area (Å²) in [5.41, 5.74) is 0.403. The van der Waals surface area contributed by atoms with Gasteiger partial charge in [0, 0.05) is 0 Å². The van der Waals surface area contributed by atoms with E-state index in [0.29, 0.717) is 11.7 Å². The third kappa shape index (κ3) is 0.455. The smallest absolute Gasteiger partial charge is 0.0945 e. The summed E-state index contributed by atoms with van der Waals surface area (Å²) in [6.45, 7) is 2.19. The van der Waals surface area contributed by atoms with Crippen molar-refractivity contribution in [3.8, 4) is 0 Å². The maximum Gasteiger partial charge on any atom is 0.0945 e. The molecule has 8 heavy (non-hydrogen) atoms. The van der Waals surface area contributed by atoms with E-state index >= 15 is 0 Å². The van der Waals surface area contributed by atoms with Gasteiger partial charge in [-0.3, -0.25) is 0 Å². The van der Waals surface area contributed by atoms with Gasteiger partial charge in [-0.2, -0.15) is 0 Å². The van der Waals surface area contributed by atoms with E-state index in [1.807, 2.05) is 0 Å². The summed E-state index contributed by atoms with van der Waals surface area (Å²) in [6.07, 6.45) is 6.03. The van der Waals surface area contributed by atoms with E-state index in [2.05, 4.69) is 6.92 Å². The van der Waals surface area contributed by atoms with Gasteiger partial charge in [0.1, 0.15) is 0 Å². The summed E-state index contributed by atoms with van der Waals surface area (Å²) in [5.74, 6) is 0. The van der Waals surface area contributed by atoms with Gasteiger partial charge >= 0.3 is 0 Å². The Morgan fingerprint density at radius 2 is 1.88 bits per heavy atom. The van der Waals surface area contributed by atoms with Crippen molar-refractivity contribution in [2.24, 2.45) is 0 Å². The highest BCUT2D eigenvalue weighted by Gasteiger charge is 2.54. The zero-order valence-corrected chi connectivity index (χ0v) is 5.31. The van der Waals surface area contributed by atoms with Crippen LogP contribution in [0.1, 0.15) is 32.6 Å². The summed E-state index contributed by atoms with van der Waals surface area (Å²) < 4.78 is 5.47. The molecule has 1 aliphatic carbocycles. The maximum atomic E-state index is 5.47. The minimum atomic E-state index is 0.403. The maximum absolute atomic E-state index is 5.47. The molecule has 0 aromatic carbocycles. The van der Waals surface area contributed by atoms with E-state index in [1.165, 1.54) is 25.7 Å². The van der Waals surface area contributed by atoms with Gasteiger partial charge in [0.05, 0.1) is 11.7 Å². The summed E-state index contributed by atoms with van der Waals surface area (Å²) in [5, 5.41) is 0. The van der Waals surface area contributed by atoms with E-state index in [0.717, 1.165) is 0 Å². The zero-order chi connectivity index (χ0) is 5.61. The molecular weight excluding hydrogens is 100 g/mol. The molecule has 1 unspecified atom stereocenters. The third-order valence-electron chi connectivity index (χ3n) is 2.55. The molecule has 1 spiro atoms. The zero-order valence-electron chi connectivity index (χ0n) is 5.31. The predicted molar refractivity (Wildman–Crippen MR) is 31.7 cm³/mol. The molecule has 0 N–H and O–H groups in total. The number of epoxide rings is 1. The van der Waals surface area contributed by atoms with Crippen molar-refractivity contribution in [3.63, 3.8) is 0 Å². The third-order valence-corrected chi connectivity index (χ3v) is 2.55. The van der Waals surface area contributed by atoms with Crippen LogP contribution in [0.2, 0.25) is 0 Å². The van der Waals surface area contributed by atoms with Crippen LogP contribution in [0.3, 0.4) is 0 Å². The number of hydrogen-bond acceptors (Lipinski definition) is 1. The molecule has 1 saturated heterocycles. The fourth-order valence-corrected chi connectivity index (χ4v) is 1.82. The van der Waals surface area contributed by atoms with Crippen LogP contribution in [-0.4, -0.2) is 11.7 Å². The quantitative estimate of drug-likeness (QED) is 0.435. The van der Waals surface area contributed by atoms with Crippen molar-refractivity contribution in [3.05, 3.63) is 0 Å². The molecule has 0 aromatic heterocycles. The van der Waals surface area contributed by atoms with Crippen LogP contribution in [-0.2, 0) is 4.74 Å². The largest absolute Gasteiger partial charge is 0.366 e. The van der Waals surface area contributed by atoms with E-state index in [1.54, 1.807) is 0 Å². The normalized spacial score (nSPS) is 40.9. The van der Waals surface area contributed by atoms with Crippen molar-refractivity contribution in [2.45, 2.75) is 44.3 Å². The van der Waals surface area contributed by atoms with Gasteiger partial charge in [0.15, 0.2) is 0 Å². The molecule has 1 atom stereocenters. The molecule has 1 saturated carbocycles. The van der Waals surface area contributed by atoms with Gasteiger partial charge < -0.3 is 4.74 Å². The standard InChI is InChI=1S/C7H12O/c1-6-7(8-6)4-2-3-5-7/h6H,2-5H2,1H3. The van der Waals surface area contributed by atoms with Crippen LogP contribution in [0, 0.1) is 0 Å². The molecule has 0 radical (unpaired) electrons. The fraction of sp³-hybridized carbons (Fsp3) is 1.00. The van der Waals surface area contributed by atoms with Gasteiger partial charge in [0.25, 0.3) is 0 Å². The van der Waals surface area contributed by atoms with Gasteiger partial charge in [-0.15, -0.1) is 0 Å². The molecule has 0 aromatic rings. The van der Waals surface area contributed by atoms with Crippen LogP contribution in [0.25, 0.3) is 0 Å². The van der Waals surface area contributed by atoms with Crippen molar-refractivity contribution < 1.29 is 4.74 Å². The van der Waals surface area contributed by atoms with Crippen LogP contribution < -0.4 is 0 Å². The van der Waals surface area contributed by atoms with Crippen molar-refractivity contribution in [1.29, 1.82) is 0 Å². The first-order chi connectivity index (χ1) is 3.83. The lowest BCUT2D eigenvalue weighted by molar-refractivity contribution is 0.299. The first-order valence-corrected chi connectivity index (χ1v) is 3.51. The van der Waals surface area contributed by atoms with Gasteiger partial charge in [-0.1, -0.05) is 12.8 Å². The first-order valence-electron chi connectivity index (χ1n) is 3.51. The molecule has 2 rings (SSSR count). The Balaban J connectivity index is 2.06. The Morgan fingerprint density at radius 3 is 2.12 bits per heavy atom. The Hall–Kier alpha value is -0.0400. The number of rotatable bonds is 0. The lowest BCUT2D eigenvalue weighted by Gasteiger charge is -1.95. The first kappa shape index (κ1) is 4.80. The monoisotopic (exact) mass is 112 g/mol. The van der Waals surface area contributed by atoms with Crippen molar-refractivity contribution in [1.82, 2.24) is 0 Å². The van der Waals surface area contributed by atoms with Gasteiger partial charge in [-0.25, -0.2) is 0 Å². The minimum absolute atomic E-state index is 0.403. The van der Waals surface area contributed by atoms with Crippen molar-refractivity contribution in [2.75, 3.05) is 0 Å². The summed E-state index contributed by atoms with van der Waals surface area (Å²) >= 11 is 0. The Morgan fingerprint density at radius 1 is 1.38 bits per heavy atom. The summed E-state index contributed by atoms with van der Waals surface area (Å²) in [7, 11) is 0.